The highest BCUT2D eigenvalue weighted by Crippen LogP contribution is 2.15. The Morgan fingerprint density at radius 1 is 0.774 bits per heavy atom. The predicted octanol–water partition coefficient (Wildman–Crippen LogP) is 5.52. The Labute approximate surface area is 187 Å². The number of carbonyl (C=O) groups is 3. The zero-order valence-electron chi connectivity index (χ0n) is 19.8. The average Bonchev–Trinajstić information content (AvgIpc) is 2.70. The summed E-state index contributed by atoms with van der Waals surface area (Å²) in [4.78, 5) is 34.2. The van der Waals surface area contributed by atoms with E-state index in [-0.39, 0.29) is 6.42 Å². The molecule has 0 radical (unpaired) electrons. The quantitative estimate of drug-likeness (QED) is 0.145. The summed E-state index contributed by atoms with van der Waals surface area (Å²) < 4.78 is 9.29. The normalized spacial score (nSPS) is 13.9. The maximum Gasteiger partial charge on any atom is 0.380 e. The van der Waals surface area contributed by atoms with Gasteiger partial charge >= 0.3 is 23.7 Å². The predicted molar refractivity (Wildman–Crippen MR) is 119 cm³/mol. The van der Waals surface area contributed by atoms with Crippen molar-refractivity contribution in [3.8, 4) is 0 Å². The van der Waals surface area contributed by atoms with Crippen LogP contribution in [0.3, 0.4) is 0 Å². The van der Waals surface area contributed by atoms with Crippen LogP contribution in [-0.4, -0.2) is 40.0 Å². The van der Waals surface area contributed by atoms with Gasteiger partial charge in [0.15, 0.2) is 6.10 Å². The smallest absolute Gasteiger partial charge is 0.380 e. The molecule has 0 aliphatic carbocycles. The summed E-state index contributed by atoms with van der Waals surface area (Å²) >= 11 is 0. The van der Waals surface area contributed by atoms with Gasteiger partial charge in [-0.15, -0.1) is 0 Å². The first-order valence-corrected chi connectivity index (χ1v) is 12.1. The van der Waals surface area contributed by atoms with Gasteiger partial charge in [0.2, 0.25) is 0 Å². The van der Waals surface area contributed by atoms with E-state index < -0.39 is 29.8 Å². The average molecular weight is 445 g/mol. The summed E-state index contributed by atoms with van der Waals surface area (Å²) in [5.74, 6) is -5.85. The number of unbranched alkanes of at least 4 members (excludes halogenated alkanes) is 14. The van der Waals surface area contributed by atoms with Gasteiger partial charge < -0.3 is 19.7 Å². The molecule has 31 heavy (non-hydrogen) atoms. The summed E-state index contributed by atoms with van der Waals surface area (Å²) in [5.41, 5.74) is 0. The van der Waals surface area contributed by atoms with E-state index in [0.29, 0.717) is 6.42 Å². The number of esters is 2. The van der Waals surface area contributed by atoms with Crippen LogP contribution >= 0.6 is 0 Å². The number of aliphatic carboxylic acids is 1. The van der Waals surface area contributed by atoms with Crippen molar-refractivity contribution < 1.29 is 34.1 Å². The van der Waals surface area contributed by atoms with Crippen LogP contribution in [0.5, 0.6) is 0 Å². The fourth-order valence-electron chi connectivity index (χ4n) is 3.28. The molecular formula is C24H44O7. The number of hydrogen-bond donors (Lipinski definition) is 2. The van der Waals surface area contributed by atoms with Crippen LogP contribution in [0.4, 0.5) is 0 Å². The number of rotatable bonds is 20. The van der Waals surface area contributed by atoms with Gasteiger partial charge in [-0.25, -0.2) is 9.59 Å². The van der Waals surface area contributed by atoms with E-state index in [1.807, 2.05) is 0 Å². The van der Waals surface area contributed by atoms with Crippen LogP contribution in [-0.2, 0) is 23.9 Å². The highest BCUT2D eigenvalue weighted by molar-refractivity contribution is 5.84. The molecule has 0 amide bonds. The van der Waals surface area contributed by atoms with Crippen LogP contribution in [0.1, 0.15) is 124 Å². The summed E-state index contributed by atoms with van der Waals surface area (Å²) in [5, 5.41) is 18.6. The van der Waals surface area contributed by atoms with Crippen molar-refractivity contribution in [2.75, 3.05) is 0 Å². The van der Waals surface area contributed by atoms with E-state index in [1.54, 1.807) is 0 Å². The Morgan fingerprint density at radius 2 is 1.16 bits per heavy atom. The van der Waals surface area contributed by atoms with Crippen LogP contribution < -0.4 is 0 Å². The van der Waals surface area contributed by atoms with Crippen molar-refractivity contribution >= 4 is 17.9 Å². The van der Waals surface area contributed by atoms with Gasteiger partial charge in [0, 0.05) is 13.3 Å². The molecule has 7 nitrogen and oxygen atoms in total. The molecule has 0 rings (SSSR count). The molecule has 0 bridgehead atoms. The van der Waals surface area contributed by atoms with Crippen molar-refractivity contribution in [3.05, 3.63) is 0 Å². The third kappa shape index (κ3) is 16.7. The Bertz CT molecular complexity index is 502. The minimum atomic E-state index is -2.49. The lowest BCUT2D eigenvalue weighted by atomic mass is 10.0. The minimum absolute atomic E-state index is 0.0934. The van der Waals surface area contributed by atoms with Gasteiger partial charge in [-0.1, -0.05) is 96.8 Å². The van der Waals surface area contributed by atoms with E-state index in [0.717, 1.165) is 33.1 Å². The summed E-state index contributed by atoms with van der Waals surface area (Å²) in [6.45, 7) is 4.36. The number of ether oxygens (including phenoxy) is 2. The fourth-order valence-corrected chi connectivity index (χ4v) is 3.28. The Kier molecular flexibility index (Phi) is 17.0. The molecule has 1 unspecified atom stereocenters. The molecule has 0 aromatic carbocycles. The molecule has 7 heteroatoms. The molecule has 0 aromatic heterocycles. The number of carboxylic acid groups (broad SMARTS) is 1. The maximum absolute atomic E-state index is 11.8. The molecule has 0 aromatic rings. The second-order valence-electron chi connectivity index (χ2n) is 8.54. The largest absolute Gasteiger partial charge is 0.479 e. The van der Waals surface area contributed by atoms with Crippen LogP contribution in [0.2, 0.25) is 0 Å². The Hall–Kier alpha value is -1.63. The first-order valence-electron chi connectivity index (χ1n) is 12.1. The lowest BCUT2D eigenvalue weighted by Gasteiger charge is -2.22. The van der Waals surface area contributed by atoms with Crippen molar-refractivity contribution in [1.82, 2.24) is 0 Å². The van der Waals surface area contributed by atoms with Crippen molar-refractivity contribution in [1.29, 1.82) is 0 Å². The van der Waals surface area contributed by atoms with E-state index in [9.17, 15) is 19.5 Å². The zero-order valence-corrected chi connectivity index (χ0v) is 19.8. The minimum Gasteiger partial charge on any atom is -0.479 e. The van der Waals surface area contributed by atoms with Crippen molar-refractivity contribution in [2.24, 2.45) is 0 Å². The number of carboxylic acids is 1. The van der Waals surface area contributed by atoms with Gasteiger partial charge in [0.25, 0.3) is 0 Å². The fraction of sp³-hybridized carbons (Fsp3) is 0.875. The first kappa shape index (κ1) is 29.4. The van der Waals surface area contributed by atoms with Gasteiger partial charge in [-0.05, 0) is 13.3 Å². The third-order valence-electron chi connectivity index (χ3n) is 5.31. The second-order valence-corrected chi connectivity index (χ2v) is 8.54. The van der Waals surface area contributed by atoms with E-state index in [4.69, 9.17) is 9.84 Å². The second kappa shape index (κ2) is 18.0. The molecule has 0 aliphatic rings. The highest BCUT2D eigenvalue weighted by Gasteiger charge is 2.38. The molecule has 0 saturated carbocycles. The highest BCUT2D eigenvalue weighted by atomic mass is 16.7. The zero-order chi connectivity index (χ0) is 23.5. The van der Waals surface area contributed by atoms with Crippen LogP contribution in [0.25, 0.3) is 0 Å². The summed E-state index contributed by atoms with van der Waals surface area (Å²) in [6, 6.07) is 0. The molecule has 0 saturated heterocycles. The lowest BCUT2D eigenvalue weighted by molar-refractivity contribution is -0.225. The number of aliphatic hydroxyl groups is 1. The van der Waals surface area contributed by atoms with Gasteiger partial charge in [-0.3, -0.25) is 4.79 Å². The standard InChI is InChI=1S/C24H44O7/c1-4-5-6-7-8-9-10-11-12-13-14-15-16-17-18-19-21(25)31-24(3,29)23(28)30-20(2)22(26)27/h20,29H,4-19H2,1-3H3,(H,26,27)/t20-,24?/m0/s1. The molecule has 0 aliphatic heterocycles. The van der Waals surface area contributed by atoms with E-state index >= 15 is 0 Å². The number of hydrogen-bond acceptors (Lipinski definition) is 6. The molecule has 182 valence electrons. The van der Waals surface area contributed by atoms with Crippen molar-refractivity contribution in [2.45, 2.75) is 135 Å². The van der Waals surface area contributed by atoms with Gasteiger partial charge in [0.1, 0.15) is 0 Å². The van der Waals surface area contributed by atoms with Gasteiger partial charge in [0.05, 0.1) is 0 Å². The van der Waals surface area contributed by atoms with Gasteiger partial charge in [-0.2, -0.15) is 0 Å². The molecule has 2 atom stereocenters. The molecule has 0 fully saturated rings. The van der Waals surface area contributed by atoms with Crippen LogP contribution in [0, 0.1) is 0 Å². The third-order valence-corrected chi connectivity index (χ3v) is 5.31. The van der Waals surface area contributed by atoms with Crippen LogP contribution in [0.15, 0.2) is 0 Å². The van der Waals surface area contributed by atoms with E-state index in [2.05, 4.69) is 11.7 Å². The topological polar surface area (TPSA) is 110 Å². The maximum atomic E-state index is 11.8. The molecule has 2 N–H and O–H groups in total. The lowest BCUT2D eigenvalue weighted by Crippen LogP contribution is -2.43. The molecule has 0 heterocycles. The van der Waals surface area contributed by atoms with E-state index in [1.165, 1.54) is 70.6 Å². The number of carbonyl (C=O) groups excluding carboxylic acids is 2. The SMILES string of the molecule is CCCCCCCCCCCCCCCCCC(=O)OC(C)(O)C(=O)O[C@@H](C)C(=O)O. The monoisotopic (exact) mass is 444 g/mol. The van der Waals surface area contributed by atoms with Crippen molar-refractivity contribution in [3.63, 3.8) is 0 Å². The molecular weight excluding hydrogens is 400 g/mol. The molecule has 0 spiro atoms. The Balaban J connectivity index is 3.61. The summed E-state index contributed by atoms with van der Waals surface area (Å²) in [7, 11) is 0. The first-order chi connectivity index (χ1) is 14.7. The summed E-state index contributed by atoms with van der Waals surface area (Å²) in [6.07, 6.45) is 17.0. The Morgan fingerprint density at radius 3 is 1.55 bits per heavy atom.